The van der Waals surface area contributed by atoms with Crippen molar-refractivity contribution < 1.29 is 14.3 Å². The Morgan fingerprint density at radius 2 is 2.05 bits per heavy atom. The minimum atomic E-state index is -0.990. The lowest BCUT2D eigenvalue weighted by atomic mass is 9.68. The first-order valence-electron chi connectivity index (χ1n) is 6.15. The topological polar surface area (TPSA) is 55.4 Å². The molecule has 1 N–H and O–H groups in total. The van der Waals surface area contributed by atoms with Crippen LogP contribution >= 0.6 is 15.9 Å². The Labute approximate surface area is 120 Å². The first kappa shape index (κ1) is 14.1. The third-order valence-electron chi connectivity index (χ3n) is 3.63. The van der Waals surface area contributed by atoms with Gasteiger partial charge in [-0.05, 0) is 43.5 Å². The van der Waals surface area contributed by atoms with E-state index in [1.807, 2.05) is 19.1 Å². The Hall–Kier alpha value is -1.36. The van der Waals surface area contributed by atoms with Crippen LogP contribution in [0.5, 0.6) is 0 Å². The lowest BCUT2D eigenvalue weighted by Crippen LogP contribution is -2.48. The maximum atomic E-state index is 12.3. The number of carbonyl (C=O) groups excluding carboxylic acids is 2. The molecule has 0 atom stereocenters. The molecular weight excluding hydrogens is 310 g/mol. The van der Waals surface area contributed by atoms with Gasteiger partial charge in [0.1, 0.15) is 5.41 Å². The molecule has 0 bridgehead atoms. The van der Waals surface area contributed by atoms with Crippen molar-refractivity contribution in [3.05, 3.63) is 28.2 Å². The first-order chi connectivity index (χ1) is 8.99. The SMILES string of the molecule is COC(=O)C1(C(=O)Nc2ccc(Br)c(C)c2)CCC1. The van der Waals surface area contributed by atoms with Crippen LogP contribution in [0.1, 0.15) is 24.8 Å². The van der Waals surface area contributed by atoms with Gasteiger partial charge in [-0.25, -0.2) is 0 Å². The molecule has 1 amide bonds. The van der Waals surface area contributed by atoms with Gasteiger partial charge in [0.2, 0.25) is 5.91 Å². The highest BCUT2D eigenvalue weighted by molar-refractivity contribution is 9.10. The third kappa shape index (κ3) is 2.52. The summed E-state index contributed by atoms with van der Waals surface area (Å²) in [7, 11) is 1.32. The van der Waals surface area contributed by atoms with Crippen LogP contribution in [0.4, 0.5) is 5.69 Å². The van der Waals surface area contributed by atoms with E-state index in [1.165, 1.54) is 7.11 Å². The van der Waals surface area contributed by atoms with Gasteiger partial charge in [-0.15, -0.1) is 0 Å². The number of hydrogen-bond acceptors (Lipinski definition) is 3. The van der Waals surface area contributed by atoms with Crippen LogP contribution in [0.3, 0.4) is 0 Å². The number of carbonyl (C=O) groups is 2. The molecule has 19 heavy (non-hydrogen) atoms. The van der Waals surface area contributed by atoms with Gasteiger partial charge in [0.25, 0.3) is 0 Å². The van der Waals surface area contributed by atoms with Crippen molar-refractivity contribution in [1.82, 2.24) is 0 Å². The van der Waals surface area contributed by atoms with E-state index < -0.39 is 11.4 Å². The number of hydrogen-bond donors (Lipinski definition) is 1. The lowest BCUT2D eigenvalue weighted by Gasteiger charge is -2.37. The van der Waals surface area contributed by atoms with E-state index in [0.717, 1.165) is 16.5 Å². The first-order valence-corrected chi connectivity index (χ1v) is 6.95. The molecule has 0 saturated heterocycles. The summed E-state index contributed by atoms with van der Waals surface area (Å²) in [6.07, 6.45) is 1.99. The molecule has 0 spiro atoms. The Bertz CT molecular complexity index is 523. The summed E-state index contributed by atoms with van der Waals surface area (Å²) in [5.41, 5.74) is 0.731. The quantitative estimate of drug-likeness (QED) is 0.686. The maximum absolute atomic E-state index is 12.3. The minimum Gasteiger partial charge on any atom is -0.468 e. The van der Waals surface area contributed by atoms with Crippen LogP contribution in [0.25, 0.3) is 0 Å². The van der Waals surface area contributed by atoms with Crippen LogP contribution < -0.4 is 5.32 Å². The molecule has 0 aromatic heterocycles. The van der Waals surface area contributed by atoms with Crippen LogP contribution in [0.15, 0.2) is 22.7 Å². The fourth-order valence-electron chi connectivity index (χ4n) is 2.22. The van der Waals surface area contributed by atoms with Gasteiger partial charge in [-0.1, -0.05) is 22.4 Å². The summed E-state index contributed by atoms with van der Waals surface area (Å²) in [5.74, 6) is -0.711. The average Bonchev–Trinajstić information content (AvgIpc) is 2.32. The van der Waals surface area contributed by atoms with Gasteiger partial charge >= 0.3 is 5.97 Å². The van der Waals surface area contributed by atoms with Gasteiger partial charge in [0, 0.05) is 10.2 Å². The number of amides is 1. The smallest absolute Gasteiger partial charge is 0.321 e. The largest absolute Gasteiger partial charge is 0.468 e. The predicted molar refractivity (Wildman–Crippen MR) is 75.8 cm³/mol. The molecule has 0 heterocycles. The van der Waals surface area contributed by atoms with Crippen LogP contribution in [0, 0.1) is 12.3 Å². The molecule has 5 heteroatoms. The zero-order chi connectivity index (χ0) is 14.0. The van der Waals surface area contributed by atoms with Crippen molar-refractivity contribution in [2.45, 2.75) is 26.2 Å². The van der Waals surface area contributed by atoms with E-state index in [2.05, 4.69) is 21.2 Å². The Morgan fingerprint density at radius 1 is 1.37 bits per heavy atom. The Kier molecular flexibility index (Phi) is 3.94. The number of ether oxygens (including phenoxy) is 1. The molecule has 1 aliphatic carbocycles. The molecule has 1 aromatic carbocycles. The van der Waals surface area contributed by atoms with Crippen LogP contribution in [0.2, 0.25) is 0 Å². The molecule has 4 nitrogen and oxygen atoms in total. The normalized spacial score (nSPS) is 16.4. The van der Waals surface area contributed by atoms with E-state index in [1.54, 1.807) is 6.07 Å². The summed E-state index contributed by atoms with van der Waals surface area (Å²) in [4.78, 5) is 24.1. The highest BCUT2D eigenvalue weighted by Crippen LogP contribution is 2.43. The van der Waals surface area contributed by atoms with E-state index >= 15 is 0 Å². The maximum Gasteiger partial charge on any atom is 0.321 e. The fraction of sp³-hybridized carbons (Fsp3) is 0.429. The van der Waals surface area contributed by atoms with Crippen molar-refractivity contribution >= 4 is 33.5 Å². The third-order valence-corrected chi connectivity index (χ3v) is 4.52. The number of benzene rings is 1. The van der Waals surface area contributed by atoms with Crippen molar-refractivity contribution in [1.29, 1.82) is 0 Å². The summed E-state index contributed by atoms with van der Waals surface area (Å²) in [6, 6.07) is 5.54. The number of methoxy groups -OCH3 is 1. The van der Waals surface area contributed by atoms with Gasteiger partial charge in [-0.3, -0.25) is 9.59 Å². The number of nitrogens with one attached hydrogen (secondary N) is 1. The van der Waals surface area contributed by atoms with Crippen LogP contribution in [-0.2, 0) is 14.3 Å². The highest BCUT2D eigenvalue weighted by atomic mass is 79.9. The summed E-state index contributed by atoms with van der Waals surface area (Å²) >= 11 is 3.41. The molecule has 1 aromatic rings. The van der Waals surface area contributed by atoms with Gasteiger partial charge in [0.15, 0.2) is 0 Å². The second-order valence-corrected chi connectivity index (χ2v) is 5.70. The molecule has 0 radical (unpaired) electrons. The van der Waals surface area contributed by atoms with E-state index in [-0.39, 0.29) is 5.91 Å². The number of aryl methyl sites for hydroxylation is 1. The number of halogens is 1. The van der Waals surface area contributed by atoms with E-state index in [4.69, 9.17) is 4.74 Å². The molecule has 2 rings (SSSR count). The molecule has 102 valence electrons. The zero-order valence-electron chi connectivity index (χ0n) is 11.0. The van der Waals surface area contributed by atoms with Crippen LogP contribution in [-0.4, -0.2) is 19.0 Å². The Balaban J connectivity index is 2.16. The standard InChI is InChI=1S/C14H16BrNO3/c1-9-8-10(4-5-11(9)15)16-12(17)14(6-3-7-14)13(18)19-2/h4-5,8H,3,6-7H2,1-2H3,(H,16,17). The molecule has 0 unspecified atom stereocenters. The van der Waals surface area contributed by atoms with Gasteiger partial charge in [-0.2, -0.15) is 0 Å². The van der Waals surface area contributed by atoms with E-state index in [0.29, 0.717) is 18.5 Å². The van der Waals surface area contributed by atoms with Crippen molar-refractivity contribution in [3.63, 3.8) is 0 Å². The molecule has 1 saturated carbocycles. The van der Waals surface area contributed by atoms with Crippen molar-refractivity contribution in [3.8, 4) is 0 Å². The summed E-state index contributed by atoms with van der Waals surface area (Å²) in [6.45, 7) is 1.94. The second kappa shape index (κ2) is 5.33. The van der Waals surface area contributed by atoms with Crippen molar-refractivity contribution in [2.24, 2.45) is 5.41 Å². The van der Waals surface area contributed by atoms with Crippen molar-refractivity contribution in [2.75, 3.05) is 12.4 Å². The Morgan fingerprint density at radius 3 is 2.53 bits per heavy atom. The van der Waals surface area contributed by atoms with Gasteiger partial charge < -0.3 is 10.1 Å². The molecule has 1 fully saturated rings. The fourth-order valence-corrected chi connectivity index (χ4v) is 2.47. The number of esters is 1. The summed E-state index contributed by atoms with van der Waals surface area (Å²) in [5, 5.41) is 2.81. The zero-order valence-corrected chi connectivity index (χ0v) is 12.5. The van der Waals surface area contributed by atoms with E-state index in [9.17, 15) is 9.59 Å². The molecular formula is C14H16BrNO3. The second-order valence-electron chi connectivity index (χ2n) is 4.85. The minimum absolute atomic E-state index is 0.271. The summed E-state index contributed by atoms with van der Waals surface area (Å²) < 4.78 is 5.74. The van der Waals surface area contributed by atoms with Gasteiger partial charge in [0.05, 0.1) is 7.11 Å². The average molecular weight is 326 g/mol. The highest BCUT2D eigenvalue weighted by Gasteiger charge is 2.51. The molecule has 1 aliphatic rings. The number of anilines is 1. The monoisotopic (exact) mass is 325 g/mol. The lowest BCUT2D eigenvalue weighted by molar-refractivity contribution is -0.163. The molecule has 0 aliphatic heterocycles. The predicted octanol–water partition coefficient (Wildman–Crippen LogP) is 3.04. The number of rotatable bonds is 3.